The van der Waals surface area contributed by atoms with Crippen molar-refractivity contribution in [1.82, 2.24) is 14.8 Å². The third-order valence-corrected chi connectivity index (χ3v) is 4.29. The summed E-state index contributed by atoms with van der Waals surface area (Å²) in [6, 6.07) is 11.4. The van der Waals surface area contributed by atoms with E-state index < -0.39 is 11.9 Å². The van der Waals surface area contributed by atoms with Crippen molar-refractivity contribution in [2.45, 2.75) is 6.54 Å². The Labute approximate surface area is 168 Å². The highest BCUT2D eigenvalue weighted by atomic mass is 16.5. The van der Waals surface area contributed by atoms with Crippen LogP contribution in [-0.4, -0.2) is 76.1 Å². The lowest BCUT2D eigenvalue weighted by atomic mass is 10.1. The molecule has 9 nitrogen and oxygen atoms in total. The molecule has 1 aliphatic heterocycles. The second kappa shape index (κ2) is 10.8. The maximum atomic E-state index is 12.6. The number of hydrogen-bond acceptors (Lipinski definition) is 6. The predicted octanol–water partition coefficient (Wildman–Crippen LogP) is 1.20. The van der Waals surface area contributed by atoms with E-state index in [2.05, 4.69) is 16.0 Å². The van der Waals surface area contributed by atoms with Gasteiger partial charge in [-0.15, -0.1) is 0 Å². The molecule has 1 saturated heterocycles. The Morgan fingerprint density at radius 1 is 1.03 bits per heavy atom. The van der Waals surface area contributed by atoms with E-state index in [0.29, 0.717) is 11.3 Å². The summed E-state index contributed by atoms with van der Waals surface area (Å²) >= 11 is 0. The summed E-state index contributed by atoms with van der Waals surface area (Å²) in [6.07, 6.45) is 3.68. The number of nitrogens with zero attached hydrogens (tertiary/aromatic N) is 3. The summed E-state index contributed by atoms with van der Waals surface area (Å²) in [5.41, 5.74) is 1.89. The molecule has 154 valence electrons. The maximum Gasteiger partial charge on any atom is 0.414 e. The van der Waals surface area contributed by atoms with E-state index in [0.717, 1.165) is 32.7 Å². The van der Waals surface area contributed by atoms with E-state index in [9.17, 15) is 4.79 Å². The molecular formula is C20H23N3O6. The summed E-state index contributed by atoms with van der Waals surface area (Å²) in [7, 11) is 1.61. The van der Waals surface area contributed by atoms with E-state index in [-0.39, 0.29) is 5.91 Å². The lowest BCUT2D eigenvalue weighted by Gasteiger charge is -2.34. The molecule has 2 aromatic rings. The Hall–Kier alpha value is -3.46. The van der Waals surface area contributed by atoms with Crippen LogP contribution in [0, 0.1) is 0 Å². The average molecular weight is 401 g/mol. The number of aromatic nitrogens is 1. The van der Waals surface area contributed by atoms with Crippen LogP contribution in [0.4, 0.5) is 0 Å². The molecule has 1 fully saturated rings. The van der Waals surface area contributed by atoms with Gasteiger partial charge >= 0.3 is 11.9 Å². The monoisotopic (exact) mass is 401 g/mol. The van der Waals surface area contributed by atoms with Crippen LogP contribution < -0.4 is 4.74 Å². The SMILES string of the molecule is COc1cccc(C(=O)N2CCN(Cc3cccnc3)CC2)c1.O=C(O)C(=O)O. The van der Waals surface area contributed by atoms with E-state index in [4.69, 9.17) is 24.5 Å². The van der Waals surface area contributed by atoms with E-state index in [1.54, 1.807) is 19.4 Å². The first-order valence-corrected chi connectivity index (χ1v) is 8.91. The van der Waals surface area contributed by atoms with Crippen LogP contribution in [0.25, 0.3) is 0 Å². The van der Waals surface area contributed by atoms with E-state index in [1.165, 1.54) is 5.56 Å². The zero-order chi connectivity index (χ0) is 21.2. The number of carboxylic acids is 2. The third-order valence-electron chi connectivity index (χ3n) is 4.29. The summed E-state index contributed by atoms with van der Waals surface area (Å²) in [6.45, 7) is 4.14. The van der Waals surface area contributed by atoms with Gasteiger partial charge in [0.1, 0.15) is 5.75 Å². The highest BCUT2D eigenvalue weighted by Crippen LogP contribution is 2.16. The summed E-state index contributed by atoms with van der Waals surface area (Å²) < 4.78 is 5.19. The number of carboxylic acid groups (broad SMARTS) is 2. The highest BCUT2D eigenvalue weighted by Gasteiger charge is 2.22. The molecule has 29 heavy (non-hydrogen) atoms. The summed E-state index contributed by atoms with van der Waals surface area (Å²) in [5, 5.41) is 14.8. The van der Waals surface area contributed by atoms with Crippen LogP contribution in [0.3, 0.4) is 0 Å². The smallest absolute Gasteiger partial charge is 0.414 e. The first-order valence-electron chi connectivity index (χ1n) is 8.91. The van der Waals surface area contributed by atoms with Gasteiger partial charge in [-0.1, -0.05) is 12.1 Å². The van der Waals surface area contributed by atoms with E-state index in [1.807, 2.05) is 35.4 Å². The highest BCUT2D eigenvalue weighted by molar-refractivity contribution is 6.27. The number of methoxy groups -OCH3 is 1. The van der Waals surface area contributed by atoms with Crippen molar-refractivity contribution in [3.63, 3.8) is 0 Å². The molecule has 1 aromatic carbocycles. The Morgan fingerprint density at radius 3 is 2.28 bits per heavy atom. The molecule has 2 N–H and O–H groups in total. The zero-order valence-electron chi connectivity index (χ0n) is 16.0. The number of piperazine rings is 1. The van der Waals surface area contributed by atoms with Crippen molar-refractivity contribution in [2.24, 2.45) is 0 Å². The Bertz CT molecular complexity index is 823. The molecular weight excluding hydrogens is 378 g/mol. The number of hydrogen-bond donors (Lipinski definition) is 2. The second-order valence-corrected chi connectivity index (χ2v) is 6.27. The van der Waals surface area contributed by atoms with E-state index >= 15 is 0 Å². The zero-order valence-corrected chi connectivity index (χ0v) is 16.0. The van der Waals surface area contributed by atoms with Crippen molar-refractivity contribution < 1.29 is 29.3 Å². The molecule has 0 bridgehead atoms. The van der Waals surface area contributed by atoms with Crippen molar-refractivity contribution in [1.29, 1.82) is 0 Å². The minimum Gasteiger partial charge on any atom is -0.497 e. The molecule has 0 aliphatic carbocycles. The van der Waals surface area contributed by atoms with Crippen LogP contribution in [0.5, 0.6) is 5.75 Å². The molecule has 9 heteroatoms. The summed E-state index contributed by atoms with van der Waals surface area (Å²) in [4.78, 5) is 39.2. The van der Waals surface area contributed by atoms with Gasteiger partial charge in [-0.25, -0.2) is 9.59 Å². The number of carbonyl (C=O) groups is 3. The summed E-state index contributed by atoms with van der Waals surface area (Å²) in [5.74, 6) is -2.86. The lowest BCUT2D eigenvalue weighted by molar-refractivity contribution is -0.159. The van der Waals surface area contributed by atoms with Crippen molar-refractivity contribution in [3.05, 3.63) is 59.9 Å². The molecule has 0 atom stereocenters. The first-order chi connectivity index (χ1) is 13.9. The van der Waals surface area contributed by atoms with Gasteiger partial charge in [-0.05, 0) is 29.8 Å². The van der Waals surface area contributed by atoms with Crippen LogP contribution >= 0.6 is 0 Å². The van der Waals surface area contributed by atoms with Crippen LogP contribution in [0.2, 0.25) is 0 Å². The topological polar surface area (TPSA) is 120 Å². The molecule has 2 heterocycles. The van der Waals surface area contributed by atoms with Crippen LogP contribution in [-0.2, 0) is 16.1 Å². The molecule has 0 saturated carbocycles. The standard InChI is InChI=1S/C18H21N3O2.C2H2O4/c1-23-17-6-2-5-16(12-17)18(22)21-10-8-20(9-11-21)14-15-4-3-7-19-13-15;3-1(4)2(5)6/h2-7,12-13H,8-11,14H2,1H3;(H,3,4)(H,5,6). The van der Waals surface area contributed by atoms with Crippen molar-refractivity contribution in [2.75, 3.05) is 33.3 Å². The van der Waals surface area contributed by atoms with Crippen molar-refractivity contribution in [3.8, 4) is 5.75 Å². The quantitative estimate of drug-likeness (QED) is 0.734. The lowest BCUT2D eigenvalue weighted by Crippen LogP contribution is -2.48. The number of aliphatic carboxylic acids is 2. The molecule has 1 aliphatic rings. The minimum atomic E-state index is -1.82. The molecule has 0 unspecified atom stereocenters. The van der Waals surface area contributed by atoms with Gasteiger partial charge in [0.25, 0.3) is 5.91 Å². The predicted molar refractivity (Wildman–Crippen MR) is 104 cm³/mol. The fourth-order valence-electron chi connectivity index (χ4n) is 2.80. The van der Waals surface area contributed by atoms with Gasteiger partial charge in [0.15, 0.2) is 0 Å². The largest absolute Gasteiger partial charge is 0.497 e. The number of pyridine rings is 1. The van der Waals surface area contributed by atoms with Crippen molar-refractivity contribution >= 4 is 17.8 Å². The fourth-order valence-corrected chi connectivity index (χ4v) is 2.80. The van der Waals surface area contributed by atoms with Crippen LogP contribution in [0.1, 0.15) is 15.9 Å². The number of rotatable bonds is 4. The molecule has 3 rings (SSSR count). The number of benzene rings is 1. The minimum absolute atomic E-state index is 0.0740. The van der Waals surface area contributed by atoms with Gasteiger partial charge in [-0.3, -0.25) is 14.7 Å². The Kier molecular flexibility index (Phi) is 8.11. The van der Waals surface area contributed by atoms with Gasteiger partial charge < -0.3 is 19.8 Å². The van der Waals surface area contributed by atoms with Crippen LogP contribution in [0.15, 0.2) is 48.8 Å². The maximum absolute atomic E-state index is 12.6. The second-order valence-electron chi connectivity index (χ2n) is 6.27. The number of carbonyl (C=O) groups excluding carboxylic acids is 1. The molecule has 0 radical (unpaired) electrons. The fraction of sp³-hybridized carbons (Fsp3) is 0.300. The molecule has 1 aromatic heterocycles. The molecule has 1 amide bonds. The first kappa shape index (κ1) is 21.8. The Balaban J connectivity index is 0.000000438. The number of ether oxygens (including phenoxy) is 1. The van der Waals surface area contributed by atoms with Gasteiger partial charge in [0.2, 0.25) is 0 Å². The Morgan fingerprint density at radius 2 is 1.72 bits per heavy atom. The third kappa shape index (κ3) is 6.89. The van der Waals surface area contributed by atoms with Gasteiger partial charge in [0, 0.05) is 50.7 Å². The van der Waals surface area contributed by atoms with Gasteiger partial charge in [0.05, 0.1) is 7.11 Å². The molecule has 0 spiro atoms. The van der Waals surface area contributed by atoms with Gasteiger partial charge in [-0.2, -0.15) is 0 Å². The number of amides is 1. The normalized spacial score (nSPS) is 13.8. The average Bonchev–Trinajstić information content (AvgIpc) is 2.75.